The van der Waals surface area contributed by atoms with Crippen LogP contribution in [0.5, 0.6) is 0 Å². The first-order valence-corrected chi connectivity index (χ1v) is 8.76. The maximum absolute atomic E-state index is 12.3. The number of thiazole rings is 1. The molecule has 3 rings (SSSR count). The molecule has 2 aromatic carbocycles. The average Bonchev–Trinajstić information content (AvgIpc) is 2.92. The van der Waals surface area contributed by atoms with Crippen molar-refractivity contribution in [3.8, 4) is 12.3 Å². The lowest BCUT2D eigenvalue weighted by molar-refractivity contribution is -0.113. The molecule has 0 spiro atoms. The lowest BCUT2D eigenvalue weighted by Gasteiger charge is -2.02. The van der Waals surface area contributed by atoms with E-state index in [2.05, 4.69) is 36.9 Å². The molecule has 0 fully saturated rings. The summed E-state index contributed by atoms with van der Waals surface area (Å²) in [6.45, 7) is 4.50. The second kappa shape index (κ2) is 7.33. The van der Waals surface area contributed by atoms with E-state index in [1.165, 1.54) is 23.0 Å². The number of nitrogens with zero attached hydrogens (tertiary/aromatic N) is 2. The minimum Gasteiger partial charge on any atom is -0.305 e. The molecule has 3 aromatic rings. The maximum Gasteiger partial charge on any atom is 0.272 e. The molecule has 124 valence electrons. The first-order valence-electron chi connectivity index (χ1n) is 7.94. The summed E-state index contributed by atoms with van der Waals surface area (Å²) in [5.74, 6) is 2.36. The Bertz CT molecular complexity index is 1060. The Morgan fingerprint density at radius 2 is 2.04 bits per heavy atom. The van der Waals surface area contributed by atoms with Crippen LogP contribution in [0.4, 0.5) is 0 Å². The third-order valence-corrected chi connectivity index (χ3v) is 5.02. The van der Waals surface area contributed by atoms with Crippen LogP contribution in [0, 0.1) is 26.2 Å². The quantitative estimate of drug-likeness (QED) is 0.519. The first-order chi connectivity index (χ1) is 12.1. The third kappa shape index (κ3) is 3.78. The van der Waals surface area contributed by atoms with Crippen molar-refractivity contribution < 1.29 is 4.79 Å². The van der Waals surface area contributed by atoms with E-state index in [4.69, 9.17) is 6.42 Å². The van der Waals surface area contributed by atoms with Gasteiger partial charge in [-0.05, 0) is 42.7 Å². The summed E-state index contributed by atoms with van der Waals surface area (Å²) >= 11 is 1.50. The Kier molecular flexibility index (Phi) is 4.97. The predicted octanol–water partition coefficient (Wildman–Crippen LogP) is 4.09. The molecular formula is C21H18N2OS. The van der Waals surface area contributed by atoms with Gasteiger partial charge < -0.3 is 4.57 Å². The first kappa shape index (κ1) is 16.9. The van der Waals surface area contributed by atoms with Crippen LogP contribution in [-0.2, 0) is 11.3 Å². The molecule has 0 radical (unpaired) electrons. The van der Waals surface area contributed by atoms with Crippen molar-refractivity contribution in [1.82, 2.24) is 4.57 Å². The zero-order valence-corrected chi connectivity index (χ0v) is 15.0. The molecule has 0 atom stereocenters. The number of rotatable bonds is 3. The van der Waals surface area contributed by atoms with E-state index in [1.54, 1.807) is 6.08 Å². The summed E-state index contributed by atoms with van der Waals surface area (Å²) in [7, 11) is 0. The molecule has 0 bridgehead atoms. The SMILES string of the molecule is C#CCn1c(=NC(=O)/C=C/c2ccccc2)sc2c(C)cc(C)cc21. The van der Waals surface area contributed by atoms with Crippen molar-refractivity contribution >= 4 is 33.5 Å². The molecule has 3 nitrogen and oxygen atoms in total. The number of benzene rings is 2. The Morgan fingerprint density at radius 1 is 1.28 bits per heavy atom. The van der Waals surface area contributed by atoms with Gasteiger partial charge in [-0.15, -0.1) is 6.42 Å². The number of aryl methyl sites for hydroxylation is 2. The summed E-state index contributed by atoms with van der Waals surface area (Å²) in [5, 5.41) is 0. The Labute approximate surface area is 151 Å². The van der Waals surface area contributed by atoms with Crippen LogP contribution in [0.25, 0.3) is 16.3 Å². The monoisotopic (exact) mass is 346 g/mol. The number of hydrogen-bond acceptors (Lipinski definition) is 2. The molecule has 25 heavy (non-hydrogen) atoms. The number of amides is 1. The van der Waals surface area contributed by atoms with Gasteiger partial charge in [-0.1, -0.05) is 53.7 Å². The fourth-order valence-electron chi connectivity index (χ4n) is 2.71. The smallest absolute Gasteiger partial charge is 0.272 e. The van der Waals surface area contributed by atoms with Crippen molar-refractivity contribution in [2.75, 3.05) is 0 Å². The zero-order chi connectivity index (χ0) is 17.8. The average molecular weight is 346 g/mol. The van der Waals surface area contributed by atoms with E-state index in [0.717, 1.165) is 21.3 Å². The molecule has 0 aliphatic heterocycles. The summed E-state index contributed by atoms with van der Waals surface area (Å²) in [4.78, 5) is 17.1. The summed E-state index contributed by atoms with van der Waals surface area (Å²) in [5.41, 5.74) is 4.32. The largest absolute Gasteiger partial charge is 0.305 e. The standard InChI is InChI=1S/C21H18N2OS/c1-4-12-23-18-14-15(2)13-16(3)20(18)25-21(23)22-19(24)11-10-17-8-6-5-7-9-17/h1,5-11,13-14H,12H2,2-3H3/b11-10+,22-21?. The van der Waals surface area contributed by atoms with Gasteiger partial charge in [0.05, 0.1) is 16.8 Å². The minimum absolute atomic E-state index is 0.296. The van der Waals surface area contributed by atoms with Crippen LogP contribution < -0.4 is 4.80 Å². The second-order valence-electron chi connectivity index (χ2n) is 5.80. The van der Waals surface area contributed by atoms with Gasteiger partial charge in [0.2, 0.25) is 0 Å². The van der Waals surface area contributed by atoms with Gasteiger partial charge in [0.15, 0.2) is 4.80 Å². The van der Waals surface area contributed by atoms with Crippen LogP contribution in [0.3, 0.4) is 0 Å². The van der Waals surface area contributed by atoms with Gasteiger partial charge in [-0.3, -0.25) is 4.79 Å². The van der Waals surface area contributed by atoms with E-state index in [9.17, 15) is 4.79 Å². The van der Waals surface area contributed by atoms with Gasteiger partial charge in [0.25, 0.3) is 5.91 Å². The van der Waals surface area contributed by atoms with Gasteiger partial charge in [0.1, 0.15) is 0 Å². The van der Waals surface area contributed by atoms with Crippen molar-refractivity contribution in [2.24, 2.45) is 4.99 Å². The molecule has 4 heteroatoms. The second-order valence-corrected chi connectivity index (χ2v) is 6.78. The number of hydrogen-bond donors (Lipinski definition) is 0. The number of aromatic nitrogens is 1. The highest BCUT2D eigenvalue weighted by atomic mass is 32.1. The maximum atomic E-state index is 12.3. The van der Waals surface area contributed by atoms with E-state index >= 15 is 0 Å². The molecule has 0 saturated carbocycles. The fraction of sp³-hybridized carbons (Fsp3) is 0.143. The normalized spacial score (nSPS) is 12.0. The topological polar surface area (TPSA) is 34.4 Å². The van der Waals surface area contributed by atoms with Gasteiger partial charge >= 0.3 is 0 Å². The number of terminal acetylenes is 1. The van der Waals surface area contributed by atoms with Crippen LogP contribution in [0.15, 0.2) is 53.5 Å². The van der Waals surface area contributed by atoms with E-state index in [0.29, 0.717) is 11.3 Å². The molecule has 0 aliphatic rings. The van der Waals surface area contributed by atoms with Gasteiger partial charge in [0, 0.05) is 6.08 Å². The van der Waals surface area contributed by atoms with Crippen molar-refractivity contribution in [3.05, 3.63) is 70.0 Å². The fourth-order valence-corrected chi connectivity index (χ4v) is 3.79. The number of carbonyl (C=O) groups is 1. The van der Waals surface area contributed by atoms with E-state index in [1.807, 2.05) is 34.9 Å². The summed E-state index contributed by atoms with van der Waals surface area (Å²) in [6.07, 6.45) is 8.76. The van der Waals surface area contributed by atoms with Crippen molar-refractivity contribution in [3.63, 3.8) is 0 Å². The predicted molar refractivity (Wildman–Crippen MR) is 104 cm³/mol. The van der Waals surface area contributed by atoms with Gasteiger partial charge in [-0.2, -0.15) is 4.99 Å². The van der Waals surface area contributed by atoms with Crippen LogP contribution >= 0.6 is 11.3 Å². The molecule has 1 amide bonds. The molecule has 0 unspecified atom stereocenters. The van der Waals surface area contributed by atoms with Crippen molar-refractivity contribution in [1.29, 1.82) is 0 Å². The van der Waals surface area contributed by atoms with E-state index < -0.39 is 0 Å². The number of carbonyl (C=O) groups excluding carboxylic acids is 1. The Hall–Kier alpha value is -2.90. The molecule has 0 saturated heterocycles. The lowest BCUT2D eigenvalue weighted by Crippen LogP contribution is -2.15. The molecular weight excluding hydrogens is 328 g/mol. The van der Waals surface area contributed by atoms with Crippen LogP contribution in [-0.4, -0.2) is 10.5 Å². The minimum atomic E-state index is -0.296. The highest BCUT2D eigenvalue weighted by Gasteiger charge is 2.09. The molecule has 1 aromatic heterocycles. The Balaban J connectivity index is 2.05. The number of fused-ring (bicyclic) bond motifs is 1. The lowest BCUT2D eigenvalue weighted by atomic mass is 10.1. The molecule has 0 N–H and O–H groups in total. The van der Waals surface area contributed by atoms with Crippen LogP contribution in [0.2, 0.25) is 0 Å². The van der Waals surface area contributed by atoms with Crippen LogP contribution in [0.1, 0.15) is 16.7 Å². The summed E-state index contributed by atoms with van der Waals surface area (Å²) in [6, 6.07) is 13.9. The molecule has 0 aliphatic carbocycles. The van der Waals surface area contributed by atoms with E-state index in [-0.39, 0.29) is 5.91 Å². The molecule has 1 heterocycles. The highest BCUT2D eigenvalue weighted by molar-refractivity contribution is 7.16. The van der Waals surface area contributed by atoms with Crippen molar-refractivity contribution in [2.45, 2.75) is 20.4 Å². The highest BCUT2D eigenvalue weighted by Crippen LogP contribution is 2.23. The third-order valence-electron chi connectivity index (χ3n) is 3.79. The Morgan fingerprint density at radius 3 is 2.76 bits per heavy atom. The van der Waals surface area contributed by atoms with Gasteiger partial charge in [-0.25, -0.2) is 0 Å². The zero-order valence-electron chi connectivity index (χ0n) is 14.2. The summed E-state index contributed by atoms with van der Waals surface area (Å²) < 4.78 is 3.04.